The molecule has 1 aliphatic carbocycles. The molecule has 6 atom stereocenters. The summed E-state index contributed by atoms with van der Waals surface area (Å²) in [5, 5.41) is 9.91. The Morgan fingerprint density at radius 2 is 1.80 bits per heavy atom. The molecule has 0 spiro atoms. The zero-order chi connectivity index (χ0) is 28.2. The topological polar surface area (TPSA) is 86.1 Å². The van der Waals surface area contributed by atoms with Crippen molar-refractivity contribution >= 4 is 17.6 Å². The van der Waals surface area contributed by atoms with Crippen LogP contribution in [0.25, 0.3) is 0 Å². The van der Waals surface area contributed by atoms with Gasteiger partial charge < -0.3 is 14.4 Å². The summed E-state index contributed by atoms with van der Waals surface area (Å²) in [6.45, 7) is 9.04. The number of benzene rings is 1. The molecule has 216 valence electrons. The number of nitrogens with zero attached hydrogens (tertiary/aromatic N) is 4. The first-order valence-electron chi connectivity index (χ1n) is 14.9. The highest BCUT2D eigenvalue weighted by Gasteiger charge is 2.52. The second-order valence-electron chi connectivity index (χ2n) is 13.5. The van der Waals surface area contributed by atoms with E-state index in [0.717, 1.165) is 64.1 Å². The van der Waals surface area contributed by atoms with Crippen LogP contribution in [0, 0.1) is 29.0 Å². The number of Topliss-reactive ketones (excluding diaryl/α,β-unsaturated/α-hetero) is 1. The molecule has 0 aromatic heterocycles. The molecule has 1 amide bonds. The van der Waals surface area contributed by atoms with Crippen molar-refractivity contribution in [3.8, 4) is 6.07 Å². The Hall–Kier alpha value is -2.70. The summed E-state index contributed by atoms with van der Waals surface area (Å²) in [4.78, 5) is 33.0. The minimum absolute atomic E-state index is 0.00185. The standard InChI is InChI=1S/C31H41FN4O4/c1-31(2,3)40-30(38)36-22-7-5-21(12-22)29(36)28(37)11-19(14-33)10-20-4-6-23(13-27(20)32)35-24-8-9-25(35)16-34(15-24)26-17-39-18-26/h4,6,13,19,21-22,24-26,29H,5,7-12,15-18H2,1-3H3/t19-,21+,22-,24?,25?,29+/m1/s1. The van der Waals surface area contributed by atoms with Crippen molar-refractivity contribution < 1.29 is 23.5 Å². The van der Waals surface area contributed by atoms with Crippen LogP contribution in [-0.2, 0) is 20.7 Å². The Bertz CT molecular complexity index is 1180. The number of fused-ring (bicyclic) bond motifs is 4. The third kappa shape index (κ3) is 5.21. The predicted molar refractivity (Wildman–Crippen MR) is 147 cm³/mol. The van der Waals surface area contributed by atoms with Gasteiger partial charge in [-0.2, -0.15) is 5.26 Å². The van der Waals surface area contributed by atoms with E-state index in [0.29, 0.717) is 23.7 Å². The number of rotatable bonds is 7. The van der Waals surface area contributed by atoms with E-state index in [1.807, 2.05) is 26.8 Å². The lowest BCUT2D eigenvalue weighted by molar-refractivity contribution is -0.126. The van der Waals surface area contributed by atoms with Crippen LogP contribution in [0.15, 0.2) is 18.2 Å². The van der Waals surface area contributed by atoms with Gasteiger partial charge in [0.05, 0.1) is 37.3 Å². The van der Waals surface area contributed by atoms with Crippen LogP contribution in [0.3, 0.4) is 0 Å². The first-order valence-corrected chi connectivity index (χ1v) is 14.9. The number of ether oxygens (including phenoxy) is 2. The van der Waals surface area contributed by atoms with Gasteiger partial charge >= 0.3 is 6.09 Å². The molecule has 40 heavy (non-hydrogen) atoms. The Morgan fingerprint density at radius 1 is 1.10 bits per heavy atom. The Kier molecular flexibility index (Phi) is 7.28. The van der Waals surface area contributed by atoms with Gasteiger partial charge in [0.1, 0.15) is 11.4 Å². The number of piperazine rings is 1. The number of hydrogen-bond acceptors (Lipinski definition) is 7. The highest BCUT2D eigenvalue weighted by atomic mass is 19.1. The van der Waals surface area contributed by atoms with Gasteiger partial charge in [0.25, 0.3) is 0 Å². The number of carbonyl (C=O) groups is 2. The van der Waals surface area contributed by atoms with Crippen molar-refractivity contribution in [3.05, 3.63) is 29.6 Å². The molecule has 1 aromatic carbocycles. The Labute approximate surface area is 236 Å². The second-order valence-corrected chi connectivity index (χ2v) is 13.5. The van der Waals surface area contributed by atoms with Crippen LogP contribution in [-0.4, -0.2) is 83.8 Å². The van der Waals surface area contributed by atoms with Crippen LogP contribution in [0.5, 0.6) is 0 Å². The number of amides is 1. The zero-order valence-corrected chi connectivity index (χ0v) is 23.9. The molecule has 5 aliphatic rings. The smallest absolute Gasteiger partial charge is 0.411 e. The molecular formula is C31H41FN4O4. The highest BCUT2D eigenvalue weighted by molar-refractivity contribution is 5.89. The maximum Gasteiger partial charge on any atom is 0.411 e. The van der Waals surface area contributed by atoms with Gasteiger partial charge in [-0.1, -0.05) is 6.07 Å². The number of likely N-dealkylation sites (tertiary alicyclic amines) is 2. The maximum atomic E-state index is 15.4. The molecule has 4 saturated heterocycles. The van der Waals surface area contributed by atoms with Crippen molar-refractivity contribution in [2.45, 2.75) is 102 Å². The number of halogens is 1. The summed E-state index contributed by atoms with van der Waals surface area (Å²) in [5.41, 5.74) is 0.708. The molecule has 4 bridgehead atoms. The second kappa shape index (κ2) is 10.6. The van der Waals surface area contributed by atoms with Gasteiger partial charge in [-0.25, -0.2) is 9.18 Å². The minimum Gasteiger partial charge on any atom is -0.444 e. The van der Waals surface area contributed by atoms with Crippen LogP contribution >= 0.6 is 0 Å². The molecule has 0 N–H and O–H groups in total. The lowest BCUT2D eigenvalue weighted by Crippen LogP contribution is -2.60. The molecule has 0 radical (unpaired) electrons. The summed E-state index contributed by atoms with van der Waals surface area (Å²) in [5.74, 6) is -0.993. The molecule has 8 nitrogen and oxygen atoms in total. The zero-order valence-electron chi connectivity index (χ0n) is 23.9. The van der Waals surface area contributed by atoms with Gasteiger partial charge in [0, 0.05) is 43.3 Å². The van der Waals surface area contributed by atoms with E-state index in [9.17, 15) is 14.9 Å². The Balaban J connectivity index is 1.10. The van der Waals surface area contributed by atoms with E-state index in [2.05, 4.69) is 15.9 Å². The predicted octanol–water partition coefficient (Wildman–Crippen LogP) is 4.31. The van der Waals surface area contributed by atoms with Crippen LogP contribution in [0.2, 0.25) is 0 Å². The number of ketones is 1. The number of carbonyl (C=O) groups excluding carboxylic acids is 2. The van der Waals surface area contributed by atoms with E-state index in [1.54, 1.807) is 17.0 Å². The third-order valence-corrected chi connectivity index (χ3v) is 9.60. The van der Waals surface area contributed by atoms with Crippen molar-refractivity contribution in [1.29, 1.82) is 5.26 Å². The van der Waals surface area contributed by atoms with E-state index >= 15 is 4.39 Å². The number of anilines is 1. The maximum absolute atomic E-state index is 15.4. The fraction of sp³-hybridized carbons (Fsp3) is 0.710. The Morgan fingerprint density at radius 3 is 2.40 bits per heavy atom. The van der Waals surface area contributed by atoms with Crippen molar-refractivity contribution in [3.63, 3.8) is 0 Å². The van der Waals surface area contributed by atoms with Gasteiger partial charge in [-0.05, 0) is 82.9 Å². The number of nitriles is 1. The fourth-order valence-electron chi connectivity index (χ4n) is 7.72. The SMILES string of the molecule is CC(C)(C)OC(=O)N1[C@@H]2CC[C@@H](C2)[C@H]1C(=O)C[C@H](C#N)Cc1ccc(N2C3CCC2CN(C2COC2)C3)cc1F. The lowest BCUT2D eigenvalue weighted by atomic mass is 9.88. The van der Waals surface area contributed by atoms with E-state index in [-0.39, 0.29) is 36.4 Å². The monoisotopic (exact) mass is 552 g/mol. The number of piperidine rings is 1. The third-order valence-electron chi connectivity index (χ3n) is 9.60. The highest BCUT2D eigenvalue weighted by Crippen LogP contribution is 2.44. The average molecular weight is 553 g/mol. The molecule has 5 fully saturated rings. The van der Waals surface area contributed by atoms with E-state index < -0.39 is 23.7 Å². The summed E-state index contributed by atoms with van der Waals surface area (Å²) < 4.78 is 26.4. The van der Waals surface area contributed by atoms with Crippen LogP contribution in [0.1, 0.15) is 64.9 Å². The van der Waals surface area contributed by atoms with Crippen molar-refractivity contribution in [2.75, 3.05) is 31.2 Å². The minimum atomic E-state index is -0.656. The summed E-state index contributed by atoms with van der Waals surface area (Å²) in [6.07, 6.45) is 4.51. The molecule has 1 saturated carbocycles. The first-order chi connectivity index (χ1) is 19.1. The van der Waals surface area contributed by atoms with Crippen LogP contribution < -0.4 is 4.90 Å². The normalized spacial score (nSPS) is 30.7. The van der Waals surface area contributed by atoms with Gasteiger partial charge in [0.15, 0.2) is 5.78 Å². The molecule has 4 heterocycles. The first kappa shape index (κ1) is 27.5. The summed E-state index contributed by atoms with van der Waals surface area (Å²) in [6, 6.07) is 8.34. The molecule has 4 aliphatic heterocycles. The van der Waals surface area contributed by atoms with E-state index in [1.165, 1.54) is 0 Å². The average Bonchev–Trinajstić information content (AvgIpc) is 3.54. The largest absolute Gasteiger partial charge is 0.444 e. The lowest BCUT2D eigenvalue weighted by Gasteiger charge is -2.47. The summed E-state index contributed by atoms with van der Waals surface area (Å²) in [7, 11) is 0. The molecule has 2 unspecified atom stereocenters. The molecule has 9 heteroatoms. The summed E-state index contributed by atoms with van der Waals surface area (Å²) >= 11 is 0. The van der Waals surface area contributed by atoms with Gasteiger partial charge in [-0.3, -0.25) is 14.6 Å². The van der Waals surface area contributed by atoms with Crippen molar-refractivity contribution in [2.24, 2.45) is 11.8 Å². The molecule has 6 rings (SSSR count). The van der Waals surface area contributed by atoms with Crippen molar-refractivity contribution in [1.82, 2.24) is 9.80 Å². The van der Waals surface area contributed by atoms with Crippen LogP contribution in [0.4, 0.5) is 14.9 Å². The fourth-order valence-corrected chi connectivity index (χ4v) is 7.72. The van der Waals surface area contributed by atoms with E-state index in [4.69, 9.17) is 9.47 Å². The molecular weight excluding hydrogens is 511 g/mol. The quantitative estimate of drug-likeness (QED) is 0.498. The van der Waals surface area contributed by atoms with Gasteiger partial charge in [0.2, 0.25) is 0 Å². The van der Waals surface area contributed by atoms with Gasteiger partial charge in [-0.15, -0.1) is 0 Å². The molecule has 1 aromatic rings. The number of hydrogen-bond donors (Lipinski definition) is 0.